The number of nitro benzene ring substituents is 1. The number of benzene rings is 1. The molecule has 9 heteroatoms. The van der Waals surface area contributed by atoms with Gasteiger partial charge in [-0.05, 0) is 32.9 Å². The van der Waals surface area contributed by atoms with E-state index < -0.39 is 37.1 Å². The monoisotopic (exact) mass is 349 g/mol. The Kier molecular flexibility index (Phi) is 4.73. The number of rotatable bonds is 5. The first-order valence-corrected chi connectivity index (χ1v) is 8.42. The topological polar surface area (TPSA) is 126 Å². The van der Waals surface area contributed by atoms with Crippen LogP contribution in [0.5, 0.6) is 0 Å². The highest BCUT2D eigenvalue weighted by atomic mass is 32.2. The van der Waals surface area contributed by atoms with E-state index in [1.54, 1.807) is 32.9 Å². The molecule has 0 aliphatic carbocycles. The molecule has 2 rings (SSSR count). The minimum absolute atomic E-state index is 0.427. The Morgan fingerprint density at radius 2 is 2.04 bits per heavy atom. The van der Waals surface area contributed by atoms with Crippen molar-refractivity contribution in [3.63, 3.8) is 0 Å². The van der Waals surface area contributed by atoms with Crippen LogP contribution in [0.15, 0.2) is 33.6 Å². The molecule has 0 aliphatic heterocycles. The number of furan rings is 1. The van der Waals surface area contributed by atoms with Crippen molar-refractivity contribution in [1.29, 1.82) is 5.26 Å². The quantitative estimate of drug-likeness (QED) is 0.653. The molecule has 24 heavy (non-hydrogen) atoms. The highest BCUT2D eigenvalue weighted by Gasteiger charge is 2.28. The standard InChI is InChI=1S/C15H15N3O5S/c1-9-7-12(11(3)23-9)10(2)17-24(21,22)15-6-4-5-14(18(19)20)13(15)8-16/h4-7,10,17H,1-3H3. The van der Waals surface area contributed by atoms with Gasteiger partial charge >= 0.3 is 0 Å². The van der Waals surface area contributed by atoms with Gasteiger partial charge in [-0.3, -0.25) is 10.1 Å². The summed E-state index contributed by atoms with van der Waals surface area (Å²) in [6.07, 6.45) is 0. The van der Waals surface area contributed by atoms with Crippen LogP contribution in [0.4, 0.5) is 5.69 Å². The summed E-state index contributed by atoms with van der Waals surface area (Å²) >= 11 is 0. The summed E-state index contributed by atoms with van der Waals surface area (Å²) in [5.41, 5.74) is -0.398. The number of nitrogens with zero attached hydrogens (tertiary/aromatic N) is 2. The number of hydrogen-bond donors (Lipinski definition) is 1. The Morgan fingerprint density at radius 1 is 1.38 bits per heavy atom. The maximum atomic E-state index is 12.6. The second kappa shape index (κ2) is 6.43. The van der Waals surface area contributed by atoms with Crippen molar-refractivity contribution in [2.75, 3.05) is 0 Å². The molecule has 2 aromatic rings. The fourth-order valence-electron chi connectivity index (χ4n) is 2.45. The third-order valence-corrected chi connectivity index (χ3v) is 5.06. The van der Waals surface area contributed by atoms with Gasteiger partial charge in [0.1, 0.15) is 28.0 Å². The number of nitrogens with one attached hydrogen (secondary N) is 1. The lowest BCUT2D eigenvalue weighted by Gasteiger charge is -2.14. The summed E-state index contributed by atoms with van der Waals surface area (Å²) in [6, 6.07) is 6.16. The van der Waals surface area contributed by atoms with Crippen LogP contribution in [-0.4, -0.2) is 13.3 Å². The fourth-order valence-corrected chi connectivity index (χ4v) is 3.84. The molecular weight excluding hydrogens is 334 g/mol. The van der Waals surface area contributed by atoms with Gasteiger partial charge in [-0.2, -0.15) is 5.26 Å². The van der Waals surface area contributed by atoms with Crippen LogP contribution in [0.25, 0.3) is 0 Å². The summed E-state index contributed by atoms with van der Waals surface area (Å²) in [6.45, 7) is 5.07. The van der Waals surface area contributed by atoms with E-state index in [4.69, 9.17) is 9.68 Å². The van der Waals surface area contributed by atoms with Gasteiger partial charge in [-0.25, -0.2) is 13.1 Å². The van der Waals surface area contributed by atoms with E-state index in [0.29, 0.717) is 17.1 Å². The van der Waals surface area contributed by atoms with E-state index in [1.165, 1.54) is 6.07 Å². The summed E-state index contributed by atoms with van der Waals surface area (Å²) in [4.78, 5) is 9.76. The number of sulfonamides is 1. The third-order valence-electron chi connectivity index (χ3n) is 3.48. The predicted octanol–water partition coefficient (Wildman–Crippen LogP) is 2.72. The molecule has 0 saturated carbocycles. The predicted molar refractivity (Wildman–Crippen MR) is 84.7 cm³/mol. The summed E-state index contributed by atoms with van der Waals surface area (Å²) in [7, 11) is -4.13. The van der Waals surface area contributed by atoms with Crippen LogP contribution in [0, 0.1) is 35.3 Å². The average molecular weight is 349 g/mol. The number of aryl methyl sites for hydroxylation is 2. The molecule has 0 aliphatic rings. The van der Waals surface area contributed by atoms with Gasteiger partial charge in [0.15, 0.2) is 0 Å². The maximum absolute atomic E-state index is 12.6. The molecule has 1 atom stereocenters. The number of nitro groups is 1. The molecule has 0 spiro atoms. The first-order chi connectivity index (χ1) is 11.2. The lowest BCUT2D eigenvalue weighted by Crippen LogP contribution is -2.27. The first kappa shape index (κ1) is 17.7. The molecule has 1 heterocycles. The highest BCUT2D eigenvalue weighted by Crippen LogP contribution is 2.27. The molecule has 126 valence electrons. The van der Waals surface area contributed by atoms with Crippen molar-refractivity contribution < 1.29 is 17.8 Å². The van der Waals surface area contributed by atoms with E-state index in [2.05, 4.69) is 4.72 Å². The molecule has 0 amide bonds. The third kappa shape index (κ3) is 3.29. The second-order valence-corrected chi connectivity index (χ2v) is 6.91. The number of hydrogen-bond acceptors (Lipinski definition) is 6. The number of nitriles is 1. The Balaban J connectivity index is 2.45. The molecule has 0 fully saturated rings. The van der Waals surface area contributed by atoms with Gasteiger partial charge in [0, 0.05) is 17.7 Å². The van der Waals surface area contributed by atoms with Crippen LogP contribution >= 0.6 is 0 Å². The van der Waals surface area contributed by atoms with Gasteiger partial charge in [-0.15, -0.1) is 0 Å². The van der Waals surface area contributed by atoms with Gasteiger partial charge in [-0.1, -0.05) is 6.07 Å². The normalized spacial score (nSPS) is 12.6. The SMILES string of the molecule is Cc1cc(C(C)NS(=O)(=O)c2cccc([N+](=O)[O-])c2C#N)c(C)o1. The smallest absolute Gasteiger partial charge is 0.288 e. The fraction of sp³-hybridized carbons (Fsp3) is 0.267. The highest BCUT2D eigenvalue weighted by molar-refractivity contribution is 7.89. The van der Waals surface area contributed by atoms with Crippen molar-refractivity contribution in [3.05, 3.63) is 57.0 Å². The largest absolute Gasteiger partial charge is 0.466 e. The molecule has 0 saturated heterocycles. The summed E-state index contributed by atoms with van der Waals surface area (Å²) < 4.78 is 32.9. The zero-order valence-corrected chi connectivity index (χ0v) is 14.0. The van der Waals surface area contributed by atoms with Crippen LogP contribution < -0.4 is 4.72 Å². The van der Waals surface area contributed by atoms with Crippen LogP contribution in [0.3, 0.4) is 0 Å². The lowest BCUT2D eigenvalue weighted by molar-refractivity contribution is -0.385. The van der Waals surface area contributed by atoms with Crippen LogP contribution in [0.1, 0.15) is 35.6 Å². The van der Waals surface area contributed by atoms with Crippen molar-refractivity contribution in [1.82, 2.24) is 4.72 Å². The molecule has 8 nitrogen and oxygen atoms in total. The molecule has 1 aromatic carbocycles. The summed E-state index contributed by atoms with van der Waals surface area (Å²) in [5.74, 6) is 1.21. The van der Waals surface area contributed by atoms with E-state index in [1.807, 2.05) is 0 Å². The van der Waals surface area contributed by atoms with E-state index in [-0.39, 0.29) is 0 Å². The van der Waals surface area contributed by atoms with Gasteiger partial charge in [0.05, 0.1) is 4.92 Å². The Hall–Kier alpha value is -2.70. The van der Waals surface area contributed by atoms with Crippen LogP contribution in [-0.2, 0) is 10.0 Å². The maximum Gasteiger partial charge on any atom is 0.288 e. The van der Waals surface area contributed by atoms with E-state index in [9.17, 15) is 18.5 Å². The minimum Gasteiger partial charge on any atom is -0.466 e. The molecular formula is C15H15N3O5S. The Morgan fingerprint density at radius 3 is 2.54 bits per heavy atom. The van der Waals surface area contributed by atoms with Crippen molar-refractivity contribution in [3.8, 4) is 6.07 Å². The molecule has 0 radical (unpaired) electrons. The molecule has 0 bridgehead atoms. The zero-order chi connectivity index (χ0) is 18.1. The Bertz CT molecular complexity index is 941. The molecule has 1 aromatic heterocycles. The van der Waals surface area contributed by atoms with E-state index in [0.717, 1.165) is 12.1 Å². The van der Waals surface area contributed by atoms with Crippen molar-refractivity contribution in [2.45, 2.75) is 31.7 Å². The first-order valence-electron chi connectivity index (χ1n) is 6.94. The molecule has 1 unspecified atom stereocenters. The van der Waals surface area contributed by atoms with Gasteiger partial charge in [0.25, 0.3) is 5.69 Å². The van der Waals surface area contributed by atoms with E-state index >= 15 is 0 Å². The zero-order valence-electron chi connectivity index (χ0n) is 13.2. The van der Waals surface area contributed by atoms with Gasteiger partial charge in [0.2, 0.25) is 10.0 Å². The average Bonchev–Trinajstić information content (AvgIpc) is 2.84. The van der Waals surface area contributed by atoms with Gasteiger partial charge < -0.3 is 4.42 Å². The Labute approximate surface area is 138 Å². The molecule has 1 N–H and O–H groups in total. The minimum atomic E-state index is -4.13. The van der Waals surface area contributed by atoms with Crippen LogP contribution in [0.2, 0.25) is 0 Å². The van der Waals surface area contributed by atoms with Crippen molar-refractivity contribution in [2.24, 2.45) is 0 Å². The summed E-state index contributed by atoms with van der Waals surface area (Å²) in [5, 5.41) is 20.1. The second-order valence-electron chi connectivity index (χ2n) is 5.23. The lowest BCUT2D eigenvalue weighted by atomic mass is 10.1. The van der Waals surface area contributed by atoms with Crippen molar-refractivity contribution >= 4 is 15.7 Å².